The smallest absolute Gasteiger partial charge is 0.317 e. The van der Waals surface area contributed by atoms with Crippen molar-refractivity contribution in [3.8, 4) is 0 Å². The number of urea groups is 1. The van der Waals surface area contributed by atoms with Crippen LogP contribution in [0.2, 0.25) is 0 Å². The van der Waals surface area contributed by atoms with E-state index in [1.54, 1.807) is 0 Å². The predicted octanol–water partition coefficient (Wildman–Crippen LogP) is 4.21. The van der Waals surface area contributed by atoms with Crippen LogP contribution < -0.4 is 15.5 Å². The summed E-state index contributed by atoms with van der Waals surface area (Å²) in [6.45, 7) is 5.29. The standard InChI is InChI=1S/C23H36N4O2/c1-16(2)24-23(29)27(14-17-9-10-17)15-19-13-20(11-12-21(19)26(3)4)25-22(28)18-7-5-6-8-18/h11-13,16-18H,5-10,14-15H2,1-4H3,(H,24,29)(H,25,28). The molecule has 0 aromatic heterocycles. The number of hydrogen-bond donors (Lipinski definition) is 2. The van der Waals surface area contributed by atoms with E-state index in [2.05, 4.69) is 15.5 Å². The summed E-state index contributed by atoms with van der Waals surface area (Å²) in [4.78, 5) is 29.3. The van der Waals surface area contributed by atoms with Crippen molar-refractivity contribution in [2.24, 2.45) is 11.8 Å². The van der Waals surface area contributed by atoms with Crippen molar-refractivity contribution in [1.82, 2.24) is 10.2 Å². The highest BCUT2D eigenvalue weighted by Crippen LogP contribution is 2.32. The molecule has 0 bridgehead atoms. The van der Waals surface area contributed by atoms with Gasteiger partial charge in [-0.2, -0.15) is 0 Å². The predicted molar refractivity (Wildman–Crippen MR) is 118 cm³/mol. The highest BCUT2D eigenvalue weighted by Gasteiger charge is 2.28. The van der Waals surface area contributed by atoms with Crippen LogP contribution in [0.25, 0.3) is 0 Å². The van der Waals surface area contributed by atoms with Gasteiger partial charge in [-0.3, -0.25) is 4.79 Å². The van der Waals surface area contributed by atoms with Gasteiger partial charge in [-0.25, -0.2) is 4.79 Å². The Morgan fingerprint density at radius 3 is 2.38 bits per heavy atom. The molecule has 0 saturated heterocycles. The molecule has 2 fully saturated rings. The summed E-state index contributed by atoms with van der Waals surface area (Å²) in [5, 5.41) is 6.13. The number of amides is 3. The topological polar surface area (TPSA) is 64.7 Å². The van der Waals surface area contributed by atoms with Gasteiger partial charge in [0.05, 0.1) is 0 Å². The summed E-state index contributed by atoms with van der Waals surface area (Å²) in [7, 11) is 4.02. The van der Waals surface area contributed by atoms with Gasteiger partial charge in [-0.1, -0.05) is 12.8 Å². The first-order chi connectivity index (χ1) is 13.8. The number of rotatable bonds is 8. The molecule has 2 saturated carbocycles. The highest BCUT2D eigenvalue weighted by atomic mass is 16.2. The molecule has 6 heteroatoms. The number of anilines is 2. The van der Waals surface area contributed by atoms with Crippen molar-refractivity contribution in [1.29, 1.82) is 0 Å². The van der Waals surface area contributed by atoms with E-state index >= 15 is 0 Å². The second-order valence-electron chi connectivity index (χ2n) is 9.14. The zero-order valence-corrected chi connectivity index (χ0v) is 18.3. The van der Waals surface area contributed by atoms with Crippen molar-refractivity contribution >= 4 is 23.3 Å². The van der Waals surface area contributed by atoms with Gasteiger partial charge < -0.3 is 20.4 Å². The lowest BCUT2D eigenvalue weighted by atomic mass is 10.1. The Balaban J connectivity index is 1.78. The van der Waals surface area contributed by atoms with Crippen LogP contribution >= 0.6 is 0 Å². The molecule has 1 aromatic rings. The number of carbonyl (C=O) groups excluding carboxylic acids is 2. The van der Waals surface area contributed by atoms with Crippen molar-refractivity contribution in [2.75, 3.05) is 30.9 Å². The van der Waals surface area contributed by atoms with E-state index in [4.69, 9.17) is 0 Å². The minimum absolute atomic E-state index is 0.0167. The van der Waals surface area contributed by atoms with Crippen LogP contribution in [0, 0.1) is 11.8 Å². The van der Waals surface area contributed by atoms with Crippen molar-refractivity contribution in [2.45, 2.75) is 65.0 Å². The maximum absolute atomic E-state index is 12.8. The minimum atomic E-state index is -0.0167. The van der Waals surface area contributed by atoms with Crippen molar-refractivity contribution < 1.29 is 9.59 Å². The summed E-state index contributed by atoms with van der Waals surface area (Å²) < 4.78 is 0. The number of benzene rings is 1. The molecule has 0 atom stereocenters. The second kappa shape index (κ2) is 9.51. The lowest BCUT2D eigenvalue weighted by Gasteiger charge is -2.27. The van der Waals surface area contributed by atoms with Gasteiger partial charge in [0.1, 0.15) is 0 Å². The van der Waals surface area contributed by atoms with Crippen LogP contribution in [0.15, 0.2) is 18.2 Å². The Hall–Kier alpha value is -2.24. The van der Waals surface area contributed by atoms with Gasteiger partial charge in [-0.05, 0) is 69.2 Å². The SMILES string of the molecule is CC(C)NC(=O)N(Cc1cc(NC(=O)C2CCCC2)ccc1N(C)C)CC1CC1. The summed E-state index contributed by atoms with van der Waals surface area (Å²) in [5.41, 5.74) is 2.94. The number of nitrogens with zero attached hydrogens (tertiary/aromatic N) is 2. The van der Waals surface area contributed by atoms with Crippen molar-refractivity contribution in [3.63, 3.8) is 0 Å². The molecule has 3 amide bonds. The van der Waals surface area contributed by atoms with E-state index in [1.807, 2.05) is 51.0 Å². The average molecular weight is 401 g/mol. The third kappa shape index (κ3) is 6.12. The van der Waals surface area contributed by atoms with Gasteiger partial charge in [0, 0.05) is 50.5 Å². The largest absolute Gasteiger partial charge is 0.377 e. The van der Waals surface area contributed by atoms with Gasteiger partial charge in [0.2, 0.25) is 5.91 Å². The van der Waals surface area contributed by atoms with Gasteiger partial charge in [0.15, 0.2) is 0 Å². The normalized spacial score (nSPS) is 16.7. The third-order valence-corrected chi connectivity index (χ3v) is 5.79. The third-order valence-electron chi connectivity index (χ3n) is 5.79. The fourth-order valence-corrected chi connectivity index (χ4v) is 4.03. The van der Waals surface area contributed by atoms with Crippen LogP contribution in [0.3, 0.4) is 0 Å². The molecule has 0 aliphatic heterocycles. The first-order valence-corrected chi connectivity index (χ1v) is 11.0. The average Bonchev–Trinajstić information content (AvgIpc) is 3.29. The zero-order valence-electron chi connectivity index (χ0n) is 18.3. The molecule has 2 aliphatic carbocycles. The van der Waals surface area contributed by atoms with E-state index in [9.17, 15) is 9.59 Å². The van der Waals surface area contributed by atoms with Crippen LogP contribution in [0.5, 0.6) is 0 Å². The summed E-state index contributed by atoms with van der Waals surface area (Å²) in [5.74, 6) is 0.870. The molecule has 0 spiro atoms. The first kappa shape index (κ1) is 21.5. The van der Waals surface area contributed by atoms with E-state index in [-0.39, 0.29) is 23.9 Å². The van der Waals surface area contributed by atoms with Crippen LogP contribution in [0.1, 0.15) is 57.9 Å². The molecule has 160 valence electrons. The molecule has 2 N–H and O–H groups in total. The van der Waals surface area contributed by atoms with Crippen molar-refractivity contribution in [3.05, 3.63) is 23.8 Å². The minimum Gasteiger partial charge on any atom is -0.377 e. The van der Waals surface area contributed by atoms with Gasteiger partial charge in [0.25, 0.3) is 0 Å². The van der Waals surface area contributed by atoms with Crippen LogP contribution in [-0.4, -0.2) is 43.5 Å². The maximum atomic E-state index is 12.8. The molecule has 0 radical (unpaired) electrons. The first-order valence-electron chi connectivity index (χ1n) is 11.0. The van der Waals surface area contributed by atoms with E-state index < -0.39 is 0 Å². The summed E-state index contributed by atoms with van der Waals surface area (Å²) >= 11 is 0. The molecular formula is C23H36N4O2. The molecule has 0 unspecified atom stereocenters. The second-order valence-corrected chi connectivity index (χ2v) is 9.14. The van der Waals surface area contributed by atoms with Gasteiger partial charge in [-0.15, -0.1) is 0 Å². The fourth-order valence-electron chi connectivity index (χ4n) is 4.03. The number of nitrogens with one attached hydrogen (secondary N) is 2. The Morgan fingerprint density at radius 2 is 1.79 bits per heavy atom. The van der Waals surface area contributed by atoms with E-state index in [1.165, 1.54) is 12.8 Å². The van der Waals surface area contributed by atoms with Gasteiger partial charge >= 0.3 is 6.03 Å². The summed E-state index contributed by atoms with van der Waals surface area (Å²) in [6.07, 6.45) is 6.65. The lowest BCUT2D eigenvalue weighted by molar-refractivity contribution is -0.119. The molecule has 6 nitrogen and oxygen atoms in total. The van der Waals surface area contributed by atoms with E-state index in [0.717, 1.165) is 49.2 Å². The Morgan fingerprint density at radius 1 is 1.10 bits per heavy atom. The fraction of sp³-hybridized carbons (Fsp3) is 0.652. The molecule has 1 aromatic carbocycles. The molecule has 2 aliphatic rings. The highest BCUT2D eigenvalue weighted by molar-refractivity contribution is 5.93. The molecule has 0 heterocycles. The van der Waals surface area contributed by atoms with Crippen LogP contribution in [-0.2, 0) is 11.3 Å². The monoisotopic (exact) mass is 400 g/mol. The quantitative estimate of drug-likeness (QED) is 0.687. The number of hydrogen-bond acceptors (Lipinski definition) is 3. The Bertz CT molecular complexity index is 722. The molecular weight excluding hydrogens is 364 g/mol. The zero-order chi connectivity index (χ0) is 21.0. The van der Waals surface area contributed by atoms with E-state index in [0.29, 0.717) is 12.5 Å². The van der Waals surface area contributed by atoms with Crippen LogP contribution in [0.4, 0.5) is 16.2 Å². The Kier molecular flexibility index (Phi) is 7.04. The molecule has 29 heavy (non-hydrogen) atoms. The lowest BCUT2D eigenvalue weighted by Crippen LogP contribution is -2.43. The summed E-state index contributed by atoms with van der Waals surface area (Å²) in [6, 6.07) is 6.12. The molecule has 3 rings (SSSR count). The maximum Gasteiger partial charge on any atom is 0.317 e. The Labute approximate surface area is 175 Å². The number of carbonyl (C=O) groups is 2.